The van der Waals surface area contributed by atoms with E-state index in [1.807, 2.05) is 12.4 Å². The van der Waals surface area contributed by atoms with Crippen molar-refractivity contribution in [3.63, 3.8) is 0 Å². The minimum atomic E-state index is 0.918. The number of hydrogen-bond acceptors (Lipinski definition) is 3. The average molecular weight is 273 g/mol. The monoisotopic (exact) mass is 273 g/mol. The van der Waals surface area contributed by atoms with Gasteiger partial charge in [-0.1, -0.05) is 6.92 Å². The SMILES string of the molecule is CCCc1nc2c(n1CCc1nccn1C)CCNC2. The molecular weight excluding hydrogens is 250 g/mol. The largest absolute Gasteiger partial charge is 0.338 e. The van der Waals surface area contributed by atoms with E-state index in [1.54, 1.807) is 0 Å². The molecule has 0 fully saturated rings. The van der Waals surface area contributed by atoms with Crippen LogP contribution in [0.1, 0.15) is 36.4 Å². The Morgan fingerprint density at radius 1 is 1.30 bits per heavy atom. The number of imidazole rings is 2. The van der Waals surface area contributed by atoms with Crippen molar-refractivity contribution < 1.29 is 0 Å². The molecule has 2 aromatic heterocycles. The molecule has 2 aromatic rings. The fourth-order valence-corrected chi connectivity index (χ4v) is 2.95. The Morgan fingerprint density at radius 2 is 2.20 bits per heavy atom. The minimum Gasteiger partial charge on any atom is -0.338 e. The van der Waals surface area contributed by atoms with E-state index < -0.39 is 0 Å². The Balaban J connectivity index is 1.83. The van der Waals surface area contributed by atoms with Gasteiger partial charge >= 0.3 is 0 Å². The third-order valence-electron chi connectivity index (χ3n) is 4.02. The van der Waals surface area contributed by atoms with Crippen molar-refractivity contribution in [3.8, 4) is 0 Å². The molecule has 0 saturated carbocycles. The summed E-state index contributed by atoms with van der Waals surface area (Å²) >= 11 is 0. The number of rotatable bonds is 5. The van der Waals surface area contributed by atoms with Crippen LogP contribution in [0.25, 0.3) is 0 Å². The van der Waals surface area contributed by atoms with Crippen molar-refractivity contribution in [1.82, 2.24) is 24.4 Å². The Bertz CT molecular complexity index is 581. The van der Waals surface area contributed by atoms with Crippen molar-refractivity contribution in [3.05, 3.63) is 35.4 Å². The molecule has 3 heterocycles. The van der Waals surface area contributed by atoms with Gasteiger partial charge in [0.2, 0.25) is 0 Å². The number of fused-ring (bicyclic) bond motifs is 1. The second kappa shape index (κ2) is 5.79. The average Bonchev–Trinajstić information content (AvgIpc) is 3.01. The smallest absolute Gasteiger partial charge is 0.110 e. The van der Waals surface area contributed by atoms with Gasteiger partial charge in [-0.05, 0) is 6.42 Å². The zero-order chi connectivity index (χ0) is 13.9. The summed E-state index contributed by atoms with van der Waals surface area (Å²) in [5, 5.41) is 3.41. The van der Waals surface area contributed by atoms with Crippen LogP contribution in [0, 0.1) is 0 Å². The quantitative estimate of drug-likeness (QED) is 0.897. The summed E-state index contributed by atoms with van der Waals surface area (Å²) in [5.74, 6) is 2.39. The van der Waals surface area contributed by atoms with Gasteiger partial charge < -0.3 is 14.5 Å². The van der Waals surface area contributed by atoms with E-state index in [1.165, 1.54) is 17.2 Å². The summed E-state index contributed by atoms with van der Waals surface area (Å²) in [4.78, 5) is 9.26. The molecule has 0 aromatic carbocycles. The predicted molar refractivity (Wildman–Crippen MR) is 78.5 cm³/mol. The van der Waals surface area contributed by atoms with Crippen LogP contribution in [0.5, 0.6) is 0 Å². The maximum absolute atomic E-state index is 4.84. The summed E-state index contributed by atoms with van der Waals surface area (Å²) in [6, 6.07) is 0. The molecule has 0 bridgehead atoms. The number of nitrogens with zero attached hydrogens (tertiary/aromatic N) is 4. The van der Waals surface area contributed by atoms with Gasteiger partial charge in [0.15, 0.2) is 0 Å². The van der Waals surface area contributed by atoms with Gasteiger partial charge in [0.05, 0.1) is 5.69 Å². The van der Waals surface area contributed by atoms with Crippen LogP contribution in [0.2, 0.25) is 0 Å². The van der Waals surface area contributed by atoms with Crippen molar-refractivity contribution in [2.75, 3.05) is 6.54 Å². The molecular formula is C15H23N5. The Hall–Kier alpha value is -1.62. The highest BCUT2D eigenvalue weighted by molar-refractivity contribution is 5.20. The molecule has 3 rings (SSSR count). The zero-order valence-corrected chi connectivity index (χ0v) is 12.4. The van der Waals surface area contributed by atoms with Crippen LogP contribution >= 0.6 is 0 Å². The van der Waals surface area contributed by atoms with Crippen LogP contribution in [-0.2, 0) is 39.4 Å². The van der Waals surface area contributed by atoms with Crippen molar-refractivity contribution in [1.29, 1.82) is 0 Å². The summed E-state index contributed by atoms with van der Waals surface area (Å²) in [6.07, 6.45) is 8.15. The minimum absolute atomic E-state index is 0.918. The molecule has 1 aliphatic heterocycles. The lowest BCUT2D eigenvalue weighted by Gasteiger charge is -2.16. The first kappa shape index (κ1) is 13.4. The van der Waals surface area contributed by atoms with Gasteiger partial charge in [-0.15, -0.1) is 0 Å². The summed E-state index contributed by atoms with van der Waals surface area (Å²) < 4.78 is 4.54. The highest BCUT2D eigenvalue weighted by Crippen LogP contribution is 2.18. The van der Waals surface area contributed by atoms with Crippen molar-refractivity contribution >= 4 is 0 Å². The van der Waals surface area contributed by atoms with Gasteiger partial charge in [0, 0.05) is 64.0 Å². The Labute approximate surface area is 120 Å². The molecule has 20 heavy (non-hydrogen) atoms. The molecule has 0 atom stereocenters. The summed E-state index contributed by atoms with van der Waals surface area (Å²) in [7, 11) is 2.06. The maximum Gasteiger partial charge on any atom is 0.110 e. The molecule has 108 valence electrons. The summed E-state index contributed by atoms with van der Waals surface area (Å²) in [6.45, 7) is 5.19. The number of aryl methyl sites for hydroxylation is 3. The first-order chi connectivity index (χ1) is 9.79. The normalized spacial score (nSPS) is 14.5. The van der Waals surface area contributed by atoms with Crippen LogP contribution in [0.3, 0.4) is 0 Å². The molecule has 5 heteroatoms. The van der Waals surface area contributed by atoms with E-state index in [0.717, 1.165) is 51.1 Å². The highest BCUT2D eigenvalue weighted by atomic mass is 15.1. The topological polar surface area (TPSA) is 47.7 Å². The Morgan fingerprint density at radius 3 is 2.95 bits per heavy atom. The molecule has 5 nitrogen and oxygen atoms in total. The van der Waals surface area contributed by atoms with Gasteiger partial charge in [0.25, 0.3) is 0 Å². The lowest BCUT2D eigenvalue weighted by atomic mass is 10.2. The van der Waals surface area contributed by atoms with Crippen LogP contribution < -0.4 is 5.32 Å². The van der Waals surface area contributed by atoms with Crippen LogP contribution in [0.15, 0.2) is 12.4 Å². The van der Waals surface area contributed by atoms with E-state index in [2.05, 4.69) is 33.4 Å². The fourth-order valence-electron chi connectivity index (χ4n) is 2.95. The molecule has 1 N–H and O–H groups in total. The first-order valence-electron chi connectivity index (χ1n) is 7.53. The standard InChI is InChI=1S/C15H23N5/c1-3-4-15-18-12-11-16-7-5-13(12)20(15)9-6-14-17-8-10-19(14)2/h8,10,16H,3-7,9,11H2,1-2H3. The lowest BCUT2D eigenvalue weighted by Crippen LogP contribution is -2.25. The molecule has 0 spiro atoms. The summed E-state index contributed by atoms with van der Waals surface area (Å²) in [5.41, 5.74) is 2.68. The fraction of sp³-hybridized carbons (Fsp3) is 0.600. The van der Waals surface area contributed by atoms with Gasteiger partial charge in [-0.3, -0.25) is 0 Å². The zero-order valence-electron chi connectivity index (χ0n) is 12.4. The predicted octanol–water partition coefficient (Wildman–Crippen LogP) is 1.46. The first-order valence-corrected chi connectivity index (χ1v) is 7.53. The molecule has 0 unspecified atom stereocenters. The second-order valence-corrected chi connectivity index (χ2v) is 5.45. The van der Waals surface area contributed by atoms with Crippen molar-refractivity contribution in [2.24, 2.45) is 7.05 Å². The van der Waals surface area contributed by atoms with E-state index in [9.17, 15) is 0 Å². The molecule has 0 saturated heterocycles. The number of nitrogens with one attached hydrogen (secondary N) is 1. The van der Waals surface area contributed by atoms with Gasteiger partial charge in [0.1, 0.15) is 11.6 Å². The van der Waals surface area contributed by atoms with E-state index >= 15 is 0 Å². The van der Waals surface area contributed by atoms with E-state index in [4.69, 9.17) is 4.98 Å². The third kappa shape index (κ3) is 2.50. The highest BCUT2D eigenvalue weighted by Gasteiger charge is 2.19. The van der Waals surface area contributed by atoms with Crippen molar-refractivity contribution in [2.45, 2.75) is 45.7 Å². The molecule has 0 radical (unpaired) electrons. The molecule has 1 aliphatic rings. The van der Waals surface area contributed by atoms with Gasteiger partial charge in [-0.2, -0.15) is 0 Å². The van der Waals surface area contributed by atoms with Crippen LogP contribution in [0.4, 0.5) is 0 Å². The molecule has 0 aliphatic carbocycles. The lowest BCUT2D eigenvalue weighted by molar-refractivity contribution is 0.563. The van der Waals surface area contributed by atoms with E-state index in [0.29, 0.717) is 0 Å². The van der Waals surface area contributed by atoms with Gasteiger partial charge in [-0.25, -0.2) is 9.97 Å². The van der Waals surface area contributed by atoms with Crippen LogP contribution in [-0.4, -0.2) is 25.6 Å². The van der Waals surface area contributed by atoms with E-state index in [-0.39, 0.29) is 0 Å². The maximum atomic E-state index is 4.84. The number of hydrogen-bond donors (Lipinski definition) is 1. The third-order valence-corrected chi connectivity index (χ3v) is 4.02. The Kier molecular flexibility index (Phi) is 3.87. The second-order valence-electron chi connectivity index (χ2n) is 5.45. The molecule has 0 amide bonds. The number of aromatic nitrogens is 4.